The third-order valence-electron chi connectivity index (χ3n) is 5.39. The Hall–Kier alpha value is -0.800. The van der Waals surface area contributed by atoms with Gasteiger partial charge in [0, 0.05) is 25.0 Å². The van der Waals surface area contributed by atoms with Crippen LogP contribution in [0.4, 0.5) is 0 Å². The van der Waals surface area contributed by atoms with Crippen LogP contribution >= 0.6 is 0 Å². The third kappa shape index (κ3) is 3.35. The minimum absolute atomic E-state index is 0.139. The van der Waals surface area contributed by atoms with Gasteiger partial charge in [0.1, 0.15) is 0 Å². The zero-order chi connectivity index (χ0) is 14.9. The van der Waals surface area contributed by atoms with Crippen molar-refractivity contribution in [2.75, 3.05) is 0 Å². The lowest BCUT2D eigenvalue weighted by atomic mass is 9.83. The Labute approximate surface area is 128 Å². The first kappa shape index (κ1) is 15.1. The number of hydrogen-bond donors (Lipinski definition) is 1. The fourth-order valence-electron chi connectivity index (χ4n) is 3.98. The first-order valence-corrected chi connectivity index (χ1v) is 8.67. The molecule has 1 aromatic rings. The molecule has 21 heavy (non-hydrogen) atoms. The topological polar surface area (TPSA) is 40.2 Å². The molecule has 0 bridgehead atoms. The van der Waals surface area contributed by atoms with E-state index in [-0.39, 0.29) is 11.6 Å². The van der Waals surface area contributed by atoms with Crippen LogP contribution in [0.3, 0.4) is 0 Å². The second-order valence-electron chi connectivity index (χ2n) is 7.43. The van der Waals surface area contributed by atoms with E-state index in [2.05, 4.69) is 36.9 Å². The third-order valence-corrected chi connectivity index (χ3v) is 5.39. The lowest BCUT2D eigenvalue weighted by molar-refractivity contribution is -0.0679. The summed E-state index contributed by atoms with van der Waals surface area (Å²) in [6.07, 6.45) is 13.9. The van der Waals surface area contributed by atoms with Gasteiger partial charge in [0.15, 0.2) is 0 Å². The number of aromatic nitrogens is 1. The molecule has 3 rings (SSSR count). The van der Waals surface area contributed by atoms with Crippen molar-refractivity contribution in [1.29, 1.82) is 0 Å². The summed E-state index contributed by atoms with van der Waals surface area (Å²) in [5.41, 5.74) is 7.70. The van der Waals surface area contributed by atoms with Crippen LogP contribution in [0.1, 0.15) is 70.4 Å². The van der Waals surface area contributed by atoms with Crippen LogP contribution in [0.2, 0.25) is 0 Å². The van der Waals surface area contributed by atoms with Gasteiger partial charge in [0.2, 0.25) is 0 Å². The highest BCUT2D eigenvalue weighted by atomic mass is 16.5. The molecular formula is C18H30N2O. The number of rotatable bonds is 4. The van der Waals surface area contributed by atoms with Crippen molar-refractivity contribution < 1.29 is 4.74 Å². The van der Waals surface area contributed by atoms with Crippen molar-refractivity contribution in [1.82, 2.24) is 4.57 Å². The molecule has 2 atom stereocenters. The van der Waals surface area contributed by atoms with Crippen LogP contribution in [0.25, 0.3) is 0 Å². The minimum Gasteiger partial charge on any atom is -0.370 e. The Bertz CT molecular complexity index is 460. The molecule has 118 valence electrons. The van der Waals surface area contributed by atoms with E-state index in [1.54, 1.807) is 0 Å². The monoisotopic (exact) mass is 290 g/mol. The molecular weight excluding hydrogens is 260 g/mol. The molecule has 2 heterocycles. The molecule has 1 saturated heterocycles. The number of ether oxygens (including phenoxy) is 1. The highest BCUT2D eigenvalue weighted by Crippen LogP contribution is 2.42. The van der Waals surface area contributed by atoms with Gasteiger partial charge in [-0.1, -0.05) is 33.1 Å². The Morgan fingerprint density at radius 3 is 2.76 bits per heavy atom. The van der Waals surface area contributed by atoms with Crippen LogP contribution in [0.15, 0.2) is 18.5 Å². The average molecular weight is 290 g/mol. The fraction of sp³-hybridized carbons (Fsp3) is 0.778. The van der Waals surface area contributed by atoms with Crippen molar-refractivity contribution in [3.63, 3.8) is 0 Å². The molecule has 0 amide bonds. The molecule has 0 radical (unpaired) electrons. The van der Waals surface area contributed by atoms with E-state index in [4.69, 9.17) is 10.5 Å². The summed E-state index contributed by atoms with van der Waals surface area (Å²) in [6.45, 7) is 5.33. The molecule has 2 unspecified atom stereocenters. The number of hydrogen-bond acceptors (Lipinski definition) is 2. The van der Waals surface area contributed by atoms with E-state index in [0.717, 1.165) is 6.54 Å². The number of nitrogens with zero attached hydrogens (tertiary/aromatic N) is 1. The Morgan fingerprint density at radius 1 is 1.29 bits per heavy atom. The standard InChI is InChI=1S/C18H30N2O/c1-14(2)17(19)15-7-11-20(12-15)13-16-6-10-18(21-16)8-4-3-5-9-18/h7,11-12,14,16-17H,3-6,8-10,13,19H2,1-2H3. The average Bonchev–Trinajstić information content (AvgIpc) is 3.07. The maximum absolute atomic E-state index is 6.46. The van der Waals surface area contributed by atoms with Crippen molar-refractivity contribution in [3.05, 3.63) is 24.0 Å². The SMILES string of the molecule is CC(C)C(N)c1ccn(CC2CCC3(CCCCC3)O2)c1. The molecule has 0 aromatic carbocycles. The van der Waals surface area contributed by atoms with Crippen molar-refractivity contribution in [2.45, 2.75) is 83.1 Å². The summed E-state index contributed by atoms with van der Waals surface area (Å²) in [4.78, 5) is 0. The predicted molar refractivity (Wildman–Crippen MR) is 86.1 cm³/mol. The Kier molecular flexibility index (Phi) is 4.41. The van der Waals surface area contributed by atoms with Gasteiger partial charge >= 0.3 is 0 Å². The highest BCUT2D eigenvalue weighted by molar-refractivity contribution is 5.15. The van der Waals surface area contributed by atoms with Gasteiger partial charge in [-0.2, -0.15) is 0 Å². The van der Waals surface area contributed by atoms with E-state index in [9.17, 15) is 0 Å². The van der Waals surface area contributed by atoms with Gasteiger partial charge in [-0.3, -0.25) is 0 Å². The molecule has 2 fully saturated rings. The zero-order valence-corrected chi connectivity index (χ0v) is 13.6. The summed E-state index contributed by atoms with van der Waals surface area (Å²) >= 11 is 0. The number of nitrogens with two attached hydrogens (primary N) is 1. The summed E-state index contributed by atoms with van der Waals surface area (Å²) < 4.78 is 8.73. The molecule has 2 N–H and O–H groups in total. The van der Waals surface area contributed by atoms with Crippen LogP contribution in [0, 0.1) is 5.92 Å². The largest absolute Gasteiger partial charge is 0.370 e. The molecule has 1 aliphatic heterocycles. The Morgan fingerprint density at radius 2 is 2.05 bits per heavy atom. The lowest BCUT2D eigenvalue weighted by Crippen LogP contribution is -2.32. The van der Waals surface area contributed by atoms with Gasteiger partial charge in [-0.05, 0) is 43.2 Å². The molecule has 3 heteroatoms. The first-order chi connectivity index (χ1) is 10.1. The summed E-state index contributed by atoms with van der Waals surface area (Å²) in [7, 11) is 0. The van der Waals surface area contributed by atoms with Crippen LogP contribution in [-0.2, 0) is 11.3 Å². The van der Waals surface area contributed by atoms with E-state index < -0.39 is 0 Å². The summed E-state index contributed by atoms with van der Waals surface area (Å²) in [5, 5.41) is 0. The summed E-state index contributed by atoms with van der Waals surface area (Å²) in [6, 6.07) is 2.30. The van der Waals surface area contributed by atoms with Gasteiger partial charge in [0.05, 0.1) is 11.7 Å². The van der Waals surface area contributed by atoms with E-state index in [0.29, 0.717) is 12.0 Å². The fourth-order valence-corrected chi connectivity index (χ4v) is 3.98. The van der Waals surface area contributed by atoms with Gasteiger partial charge < -0.3 is 15.0 Å². The summed E-state index contributed by atoms with van der Waals surface area (Å²) in [5.74, 6) is 0.481. The molecule has 1 spiro atoms. The molecule has 2 aliphatic rings. The second-order valence-corrected chi connectivity index (χ2v) is 7.43. The molecule has 1 aliphatic carbocycles. The van der Waals surface area contributed by atoms with Gasteiger partial charge in [0.25, 0.3) is 0 Å². The van der Waals surface area contributed by atoms with E-state index in [1.165, 1.54) is 50.5 Å². The van der Waals surface area contributed by atoms with Gasteiger partial charge in [-0.15, -0.1) is 0 Å². The van der Waals surface area contributed by atoms with Crippen LogP contribution < -0.4 is 5.73 Å². The quantitative estimate of drug-likeness (QED) is 0.909. The maximum Gasteiger partial charge on any atom is 0.0762 e. The Balaban J connectivity index is 1.58. The van der Waals surface area contributed by atoms with Crippen molar-refractivity contribution in [2.24, 2.45) is 11.7 Å². The van der Waals surface area contributed by atoms with Crippen LogP contribution in [-0.4, -0.2) is 16.3 Å². The van der Waals surface area contributed by atoms with Gasteiger partial charge in [-0.25, -0.2) is 0 Å². The minimum atomic E-state index is 0.139. The smallest absolute Gasteiger partial charge is 0.0762 e. The second kappa shape index (κ2) is 6.13. The normalized spacial score (nSPS) is 26.6. The molecule has 1 aromatic heterocycles. The van der Waals surface area contributed by atoms with E-state index in [1.807, 2.05) is 0 Å². The highest BCUT2D eigenvalue weighted by Gasteiger charge is 2.40. The first-order valence-electron chi connectivity index (χ1n) is 8.67. The lowest BCUT2D eigenvalue weighted by Gasteiger charge is -2.33. The van der Waals surface area contributed by atoms with Crippen LogP contribution in [0.5, 0.6) is 0 Å². The van der Waals surface area contributed by atoms with Crippen molar-refractivity contribution >= 4 is 0 Å². The molecule has 3 nitrogen and oxygen atoms in total. The van der Waals surface area contributed by atoms with E-state index >= 15 is 0 Å². The predicted octanol–water partition coefficient (Wildman–Crippen LogP) is 4.03. The maximum atomic E-state index is 6.46. The van der Waals surface area contributed by atoms with Crippen molar-refractivity contribution in [3.8, 4) is 0 Å². The zero-order valence-electron chi connectivity index (χ0n) is 13.6. The molecule has 1 saturated carbocycles.